The lowest BCUT2D eigenvalue weighted by molar-refractivity contribution is 0.0724. The first-order chi connectivity index (χ1) is 9.66. The van der Waals surface area contributed by atoms with Crippen molar-refractivity contribution in [1.29, 1.82) is 0 Å². The second-order valence-electron chi connectivity index (χ2n) is 5.92. The second kappa shape index (κ2) is 7.27. The van der Waals surface area contributed by atoms with E-state index in [1.165, 1.54) is 6.42 Å². The predicted molar refractivity (Wildman–Crippen MR) is 81.9 cm³/mol. The number of anilines is 1. The van der Waals surface area contributed by atoms with Gasteiger partial charge in [-0.05, 0) is 37.7 Å². The molecule has 0 spiro atoms. The molecular weight excluding hydrogens is 250 g/mol. The third-order valence-electron chi connectivity index (χ3n) is 3.68. The van der Waals surface area contributed by atoms with Gasteiger partial charge in [0.05, 0.1) is 11.3 Å². The van der Waals surface area contributed by atoms with Crippen LogP contribution in [0.5, 0.6) is 0 Å². The molecule has 4 nitrogen and oxygen atoms in total. The Morgan fingerprint density at radius 3 is 2.75 bits per heavy atom. The van der Waals surface area contributed by atoms with E-state index in [9.17, 15) is 4.79 Å². The van der Waals surface area contributed by atoms with Gasteiger partial charge in [-0.15, -0.1) is 0 Å². The van der Waals surface area contributed by atoms with Crippen LogP contribution in [0.4, 0.5) is 5.69 Å². The number of aromatic nitrogens is 1. The minimum atomic E-state index is 0.115. The highest BCUT2D eigenvalue weighted by atomic mass is 16.2. The number of piperidine rings is 1. The molecule has 1 saturated heterocycles. The maximum absolute atomic E-state index is 12.4. The fraction of sp³-hybridized carbons (Fsp3) is 0.625. The summed E-state index contributed by atoms with van der Waals surface area (Å²) in [7, 11) is 0. The molecule has 0 aromatic carbocycles. The first kappa shape index (κ1) is 14.8. The highest BCUT2D eigenvalue weighted by Crippen LogP contribution is 2.15. The lowest BCUT2D eigenvalue weighted by Crippen LogP contribution is -2.35. The Bertz CT molecular complexity index is 439. The van der Waals surface area contributed by atoms with Crippen LogP contribution in [-0.2, 0) is 0 Å². The summed E-state index contributed by atoms with van der Waals surface area (Å²) in [4.78, 5) is 18.5. The maximum atomic E-state index is 12.4. The number of hydrogen-bond donors (Lipinski definition) is 1. The van der Waals surface area contributed by atoms with Crippen molar-refractivity contribution < 1.29 is 4.79 Å². The molecule has 1 amide bonds. The highest BCUT2D eigenvalue weighted by Gasteiger charge is 2.18. The van der Waals surface area contributed by atoms with Gasteiger partial charge in [0.15, 0.2) is 0 Å². The lowest BCUT2D eigenvalue weighted by Gasteiger charge is -2.26. The number of hydrogen-bond acceptors (Lipinski definition) is 3. The molecule has 110 valence electrons. The predicted octanol–water partition coefficient (Wildman–Crippen LogP) is 3.17. The summed E-state index contributed by atoms with van der Waals surface area (Å²) in [5.74, 6) is 0.790. The molecule has 1 fully saturated rings. The van der Waals surface area contributed by atoms with E-state index in [2.05, 4.69) is 24.1 Å². The number of carbonyl (C=O) groups excluding carboxylic acids is 1. The number of amides is 1. The van der Waals surface area contributed by atoms with Crippen molar-refractivity contribution in [2.75, 3.05) is 25.0 Å². The third kappa shape index (κ3) is 4.22. The number of likely N-dealkylation sites (tertiary alicyclic amines) is 1. The molecule has 4 heteroatoms. The van der Waals surface area contributed by atoms with E-state index in [1.807, 2.05) is 11.0 Å². The van der Waals surface area contributed by atoms with Crippen LogP contribution in [-0.4, -0.2) is 35.4 Å². The fourth-order valence-electron chi connectivity index (χ4n) is 2.44. The van der Waals surface area contributed by atoms with Crippen molar-refractivity contribution >= 4 is 11.6 Å². The lowest BCUT2D eigenvalue weighted by atomic mass is 10.1. The van der Waals surface area contributed by atoms with Gasteiger partial charge in [0, 0.05) is 32.0 Å². The molecule has 0 saturated carbocycles. The zero-order chi connectivity index (χ0) is 14.4. The zero-order valence-electron chi connectivity index (χ0n) is 12.6. The van der Waals surface area contributed by atoms with Crippen LogP contribution in [0, 0.1) is 5.92 Å². The number of nitrogens with one attached hydrogen (secondary N) is 1. The Morgan fingerprint density at radius 1 is 1.30 bits per heavy atom. The Balaban J connectivity index is 1.95. The van der Waals surface area contributed by atoms with Crippen molar-refractivity contribution in [3.63, 3.8) is 0 Å². The first-order valence-corrected chi connectivity index (χ1v) is 7.65. The minimum Gasteiger partial charge on any atom is -0.384 e. The molecule has 0 atom stereocenters. The molecule has 0 unspecified atom stereocenters. The van der Waals surface area contributed by atoms with Gasteiger partial charge in [0.1, 0.15) is 0 Å². The molecule has 0 aliphatic carbocycles. The number of rotatable bonds is 5. The molecular formula is C16H25N3O. The molecule has 1 aliphatic heterocycles. The third-order valence-corrected chi connectivity index (χ3v) is 3.68. The Hall–Kier alpha value is -1.58. The maximum Gasteiger partial charge on any atom is 0.255 e. The van der Waals surface area contributed by atoms with E-state index < -0.39 is 0 Å². The summed E-state index contributed by atoms with van der Waals surface area (Å²) in [5.41, 5.74) is 1.63. The van der Waals surface area contributed by atoms with Gasteiger partial charge in [-0.1, -0.05) is 13.8 Å². The highest BCUT2D eigenvalue weighted by molar-refractivity contribution is 5.94. The monoisotopic (exact) mass is 275 g/mol. The van der Waals surface area contributed by atoms with E-state index in [1.54, 1.807) is 12.4 Å². The first-order valence-electron chi connectivity index (χ1n) is 7.65. The molecule has 2 heterocycles. The van der Waals surface area contributed by atoms with Gasteiger partial charge in [0.2, 0.25) is 0 Å². The molecule has 20 heavy (non-hydrogen) atoms. The van der Waals surface area contributed by atoms with E-state index in [-0.39, 0.29) is 5.91 Å². The van der Waals surface area contributed by atoms with Crippen LogP contribution in [0.1, 0.15) is 49.9 Å². The zero-order valence-corrected chi connectivity index (χ0v) is 12.6. The standard InChI is InChI=1S/C16H25N3O/c1-13(2)6-7-18-15-10-14(11-17-12-15)16(20)19-8-4-3-5-9-19/h10-13,18H,3-9H2,1-2H3. The fourth-order valence-corrected chi connectivity index (χ4v) is 2.44. The van der Waals surface area contributed by atoms with E-state index in [0.717, 1.165) is 44.6 Å². The summed E-state index contributed by atoms with van der Waals surface area (Å²) >= 11 is 0. The molecule has 2 rings (SSSR count). The van der Waals surface area contributed by atoms with Gasteiger partial charge < -0.3 is 10.2 Å². The van der Waals surface area contributed by atoms with Crippen molar-refractivity contribution in [3.8, 4) is 0 Å². The summed E-state index contributed by atoms with van der Waals surface area (Å²) < 4.78 is 0. The average Bonchev–Trinajstić information content (AvgIpc) is 2.47. The van der Waals surface area contributed by atoms with Crippen LogP contribution in [0.3, 0.4) is 0 Å². The van der Waals surface area contributed by atoms with Crippen LogP contribution < -0.4 is 5.32 Å². The Labute approximate surface area is 121 Å². The van der Waals surface area contributed by atoms with Gasteiger partial charge >= 0.3 is 0 Å². The van der Waals surface area contributed by atoms with Crippen molar-refractivity contribution in [2.45, 2.75) is 39.5 Å². The van der Waals surface area contributed by atoms with Crippen molar-refractivity contribution in [1.82, 2.24) is 9.88 Å². The molecule has 0 bridgehead atoms. The quantitative estimate of drug-likeness (QED) is 0.897. The van der Waals surface area contributed by atoms with Crippen LogP contribution >= 0.6 is 0 Å². The Kier molecular flexibility index (Phi) is 5.39. The minimum absolute atomic E-state index is 0.115. The van der Waals surface area contributed by atoms with Crippen LogP contribution in [0.2, 0.25) is 0 Å². The number of nitrogens with zero attached hydrogens (tertiary/aromatic N) is 2. The van der Waals surface area contributed by atoms with Crippen LogP contribution in [0.25, 0.3) is 0 Å². The molecule has 1 aromatic rings. The SMILES string of the molecule is CC(C)CCNc1cncc(C(=O)N2CCCCC2)c1. The van der Waals surface area contributed by atoms with Gasteiger partial charge in [-0.3, -0.25) is 9.78 Å². The van der Waals surface area contributed by atoms with Gasteiger partial charge in [0.25, 0.3) is 5.91 Å². The van der Waals surface area contributed by atoms with Gasteiger partial charge in [-0.25, -0.2) is 0 Å². The number of pyridine rings is 1. The van der Waals surface area contributed by atoms with E-state index in [4.69, 9.17) is 0 Å². The van der Waals surface area contributed by atoms with E-state index in [0.29, 0.717) is 11.5 Å². The smallest absolute Gasteiger partial charge is 0.255 e. The topological polar surface area (TPSA) is 45.2 Å². The van der Waals surface area contributed by atoms with Crippen molar-refractivity contribution in [3.05, 3.63) is 24.0 Å². The average molecular weight is 275 g/mol. The molecule has 1 N–H and O–H groups in total. The summed E-state index contributed by atoms with van der Waals surface area (Å²) in [5, 5.41) is 3.34. The summed E-state index contributed by atoms with van der Waals surface area (Å²) in [6.45, 7) is 7.08. The largest absolute Gasteiger partial charge is 0.384 e. The van der Waals surface area contributed by atoms with Crippen molar-refractivity contribution in [2.24, 2.45) is 5.92 Å². The normalized spacial score (nSPS) is 15.4. The van der Waals surface area contributed by atoms with E-state index >= 15 is 0 Å². The number of carbonyl (C=O) groups is 1. The molecule has 0 radical (unpaired) electrons. The Morgan fingerprint density at radius 2 is 2.05 bits per heavy atom. The molecule has 1 aromatic heterocycles. The molecule has 1 aliphatic rings. The summed E-state index contributed by atoms with van der Waals surface area (Å²) in [6, 6.07) is 1.92. The summed E-state index contributed by atoms with van der Waals surface area (Å²) in [6.07, 6.45) is 8.04. The second-order valence-corrected chi connectivity index (χ2v) is 5.92. The van der Waals surface area contributed by atoms with Crippen LogP contribution in [0.15, 0.2) is 18.5 Å². The van der Waals surface area contributed by atoms with Gasteiger partial charge in [-0.2, -0.15) is 0 Å².